The van der Waals surface area contributed by atoms with Crippen LogP contribution in [0.4, 0.5) is 14.5 Å². The number of nitrogens with one attached hydrogen (secondary N) is 1. The topological polar surface area (TPSA) is 75.7 Å². The van der Waals surface area contributed by atoms with Crippen LogP contribution in [0, 0.1) is 11.6 Å². The third kappa shape index (κ3) is 4.78. The first-order valence-electron chi connectivity index (χ1n) is 8.44. The van der Waals surface area contributed by atoms with Gasteiger partial charge in [-0.15, -0.1) is 0 Å². The van der Waals surface area contributed by atoms with Crippen molar-refractivity contribution in [2.24, 2.45) is 0 Å². The van der Waals surface area contributed by atoms with Gasteiger partial charge in [0, 0.05) is 11.6 Å². The Morgan fingerprint density at radius 2 is 1.75 bits per heavy atom. The van der Waals surface area contributed by atoms with E-state index in [0.717, 1.165) is 28.8 Å². The minimum absolute atomic E-state index is 0.144. The molecule has 1 amide bonds. The van der Waals surface area contributed by atoms with Gasteiger partial charge in [0.1, 0.15) is 11.8 Å². The van der Waals surface area contributed by atoms with Gasteiger partial charge in [-0.1, -0.05) is 18.2 Å². The normalized spacial score (nSPS) is 13.5. The largest absolute Gasteiger partial charge is 0.496 e. The molecule has 0 saturated heterocycles. The van der Waals surface area contributed by atoms with Crippen LogP contribution >= 0.6 is 0 Å². The number of methoxy groups -OCH3 is 1. The molecule has 0 aliphatic rings. The van der Waals surface area contributed by atoms with Gasteiger partial charge in [-0.2, -0.15) is 0 Å². The number of ether oxygens (including phenoxy) is 1. The van der Waals surface area contributed by atoms with Crippen LogP contribution < -0.4 is 14.4 Å². The van der Waals surface area contributed by atoms with E-state index in [9.17, 15) is 22.0 Å². The van der Waals surface area contributed by atoms with Crippen LogP contribution in [0.2, 0.25) is 0 Å². The van der Waals surface area contributed by atoms with Crippen molar-refractivity contribution in [1.29, 1.82) is 0 Å². The van der Waals surface area contributed by atoms with Crippen LogP contribution in [-0.2, 0) is 14.8 Å². The average molecular weight is 412 g/mol. The maximum atomic E-state index is 13.6. The fourth-order valence-corrected chi connectivity index (χ4v) is 4.03. The zero-order valence-corrected chi connectivity index (χ0v) is 16.8. The fourth-order valence-electron chi connectivity index (χ4n) is 2.87. The van der Waals surface area contributed by atoms with Gasteiger partial charge in [-0.05, 0) is 32.0 Å². The molecular weight excluding hydrogens is 390 g/mol. The summed E-state index contributed by atoms with van der Waals surface area (Å²) in [5.41, 5.74) is 0.568. The van der Waals surface area contributed by atoms with Crippen molar-refractivity contribution in [3.8, 4) is 5.75 Å². The lowest BCUT2D eigenvalue weighted by atomic mass is 10.1. The van der Waals surface area contributed by atoms with E-state index in [0.29, 0.717) is 11.3 Å². The summed E-state index contributed by atoms with van der Waals surface area (Å²) in [7, 11) is -2.44. The van der Waals surface area contributed by atoms with Crippen molar-refractivity contribution in [2.45, 2.75) is 25.9 Å². The van der Waals surface area contributed by atoms with E-state index >= 15 is 0 Å². The van der Waals surface area contributed by atoms with Gasteiger partial charge in [0.05, 0.1) is 25.1 Å². The molecule has 0 radical (unpaired) electrons. The maximum absolute atomic E-state index is 13.6. The highest BCUT2D eigenvalue weighted by Crippen LogP contribution is 2.26. The van der Waals surface area contributed by atoms with Crippen molar-refractivity contribution in [1.82, 2.24) is 5.32 Å². The molecule has 28 heavy (non-hydrogen) atoms. The molecule has 0 saturated carbocycles. The van der Waals surface area contributed by atoms with E-state index in [1.54, 1.807) is 31.2 Å². The number of rotatable bonds is 7. The Hall–Kier alpha value is -2.68. The summed E-state index contributed by atoms with van der Waals surface area (Å²) in [6, 6.07) is 8.07. The molecule has 1 N–H and O–H groups in total. The van der Waals surface area contributed by atoms with Crippen LogP contribution in [0.5, 0.6) is 5.75 Å². The lowest BCUT2D eigenvalue weighted by Gasteiger charge is -2.29. The molecule has 9 heteroatoms. The number of sulfonamides is 1. The van der Waals surface area contributed by atoms with Gasteiger partial charge in [0.15, 0.2) is 11.6 Å². The fraction of sp³-hybridized carbons (Fsp3) is 0.316. The van der Waals surface area contributed by atoms with Gasteiger partial charge in [0.2, 0.25) is 15.9 Å². The van der Waals surface area contributed by atoms with Crippen LogP contribution in [0.15, 0.2) is 42.5 Å². The molecule has 2 aromatic rings. The zero-order chi connectivity index (χ0) is 21.1. The first kappa shape index (κ1) is 21.6. The molecule has 2 atom stereocenters. The number of anilines is 1. The van der Waals surface area contributed by atoms with Gasteiger partial charge in [-0.3, -0.25) is 9.10 Å². The van der Waals surface area contributed by atoms with E-state index in [4.69, 9.17) is 4.74 Å². The van der Waals surface area contributed by atoms with Gasteiger partial charge in [-0.25, -0.2) is 17.2 Å². The highest BCUT2D eigenvalue weighted by Gasteiger charge is 2.30. The Morgan fingerprint density at radius 1 is 1.11 bits per heavy atom. The highest BCUT2D eigenvalue weighted by molar-refractivity contribution is 7.92. The molecule has 0 aromatic heterocycles. The summed E-state index contributed by atoms with van der Waals surface area (Å²) in [5.74, 6) is -2.35. The molecule has 0 aliphatic carbocycles. The standard InChI is InChI=1S/C19H22F2N2O4S/c1-12(15-7-5-6-8-18(15)27-3)22-19(24)13(2)23(28(4,25)26)14-9-10-16(20)17(21)11-14/h5-13H,1-4H3,(H,22,24)/t12-,13-/m0/s1. The van der Waals surface area contributed by atoms with Gasteiger partial charge >= 0.3 is 0 Å². The van der Waals surface area contributed by atoms with Crippen LogP contribution in [0.3, 0.4) is 0 Å². The second-order valence-electron chi connectivity index (χ2n) is 6.31. The lowest BCUT2D eigenvalue weighted by molar-refractivity contribution is -0.122. The van der Waals surface area contributed by atoms with Gasteiger partial charge < -0.3 is 10.1 Å². The Morgan fingerprint density at radius 3 is 2.32 bits per heavy atom. The van der Waals surface area contributed by atoms with Gasteiger partial charge in [0.25, 0.3) is 0 Å². The van der Waals surface area contributed by atoms with Crippen molar-refractivity contribution in [2.75, 3.05) is 17.7 Å². The number of halogens is 2. The molecule has 2 rings (SSSR count). The minimum Gasteiger partial charge on any atom is -0.496 e. The van der Waals surface area contributed by atoms with E-state index in [1.165, 1.54) is 14.0 Å². The molecule has 2 aromatic carbocycles. The first-order valence-corrected chi connectivity index (χ1v) is 10.3. The van der Waals surface area contributed by atoms with Crippen LogP contribution in [0.25, 0.3) is 0 Å². The monoisotopic (exact) mass is 412 g/mol. The molecule has 0 unspecified atom stereocenters. The second kappa shape index (κ2) is 8.55. The highest BCUT2D eigenvalue weighted by atomic mass is 32.2. The SMILES string of the molecule is COc1ccccc1[C@H](C)NC(=O)[C@H](C)N(c1ccc(F)c(F)c1)S(C)(=O)=O. The summed E-state index contributed by atoms with van der Waals surface area (Å²) in [5, 5.41) is 2.73. The number of para-hydroxylation sites is 1. The third-order valence-electron chi connectivity index (χ3n) is 4.21. The second-order valence-corrected chi connectivity index (χ2v) is 8.16. The lowest BCUT2D eigenvalue weighted by Crippen LogP contribution is -2.48. The Balaban J connectivity index is 2.30. The number of nitrogens with zero attached hydrogens (tertiary/aromatic N) is 1. The zero-order valence-electron chi connectivity index (χ0n) is 15.9. The molecule has 0 fully saturated rings. The predicted octanol–water partition coefficient (Wildman–Crippen LogP) is 3.01. The third-order valence-corrected chi connectivity index (χ3v) is 5.45. The number of hydrogen-bond donors (Lipinski definition) is 1. The summed E-state index contributed by atoms with van der Waals surface area (Å²) in [4.78, 5) is 12.7. The maximum Gasteiger partial charge on any atom is 0.244 e. The van der Waals surface area contributed by atoms with E-state index in [2.05, 4.69) is 5.32 Å². The smallest absolute Gasteiger partial charge is 0.244 e. The first-order chi connectivity index (χ1) is 13.1. The molecule has 6 nitrogen and oxygen atoms in total. The molecule has 152 valence electrons. The minimum atomic E-state index is -3.95. The number of carbonyl (C=O) groups excluding carboxylic acids is 1. The molecule has 0 heterocycles. The summed E-state index contributed by atoms with van der Waals surface area (Å²) in [6.07, 6.45) is 0.891. The van der Waals surface area contributed by atoms with Crippen LogP contribution in [0.1, 0.15) is 25.5 Å². The number of amides is 1. The number of carbonyl (C=O) groups is 1. The van der Waals surface area contributed by atoms with Crippen molar-refractivity contribution in [3.63, 3.8) is 0 Å². The van der Waals surface area contributed by atoms with Crippen molar-refractivity contribution >= 4 is 21.6 Å². The summed E-state index contributed by atoms with van der Waals surface area (Å²) < 4.78 is 57.3. The Kier molecular flexibility index (Phi) is 6.60. The molecule has 0 bridgehead atoms. The van der Waals surface area contributed by atoms with Crippen LogP contribution in [-0.4, -0.2) is 33.7 Å². The number of hydrogen-bond acceptors (Lipinski definition) is 4. The predicted molar refractivity (Wildman–Crippen MR) is 103 cm³/mol. The number of benzene rings is 2. The molecular formula is C19H22F2N2O4S. The molecule has 0 spiro atoms. The van der Waals surface area contributed by atoms with Crippen molar-refractivity contribution < 1.29 is 26.7 Å². The van der Waals surface area contributed by atoms with E-state index < -0.39 is 39.6 Å². The molecule has 0 aliphatic heterocycles. The van der Waals surface area contributed by atoms with E-state index in [1.807, 2.05) is 0 Å². The quantitative estimate of drug-likeness (QED) is 0.759. The Labute approximate surface area is 163 Å². The average Bonchev–Trinajstić information content (AvgIpc) is 2.63. The summed E-state index contributed by atoms with van der Waals surface area (Å²) >= 11 is 0. The van der Waals surface area contributed by atoms with Crippen molar-refractivity contribution in [3.05, 3.63) is 59.7 Å². The summed E-state index contributed by atoms with van der Waals surface area (Å²) in [6.45, 7) is 3.09. The van der Waals surface area contributed by atoms with E-state index in [-0.39, 0.29) is 5.69 Å². The Bertz CT molecular complexity index is 966.